The fourth-order valence-electron chi connectivity index (χ4n) is 3.83. The molecule has 0 saturated heterocycles. The van der Waals surface area contributed by atoms with Crippen molar-refractivity contribution in [3.05, 3.63) is 90.0 Å². The maximum atomic E-state index is 11.3. The smallest absolute Gasteiger partial charge is 0.113 e. The van der Waals surface area contributed by atoms with Crippen LogP contribution in [0.1, 0.15) is 29.3 Å². The fraction of sp³-hybridized carbons (Fsp3) is 0.143. The van der Waals surface area contributed by atoms with Crippen LogP contribution in [0.3, 0.4) is 0 Å². The highest BCUT2D eigenvalue weighted by Crippen LogP contribution is 2.46. The van der Waals surface area contributed by atoms with E-state index >= 15 is 0 Å². The molecule has 2 heterocycles. The standard InChI is InChI=1S/C21H18N4O/c26-21-15-10-4-5-11-16(15)22-19(14-8-2-1-3-9-14)20(21)25-18-13-7-6-12-17(18)23-24-25/h1-13,19-22,26H/t19-,20-,21-/m1/s1. The van der Waals surface area contributed by atoms with Crippen LogP contribution in [-0.4, -0.2) is 20.1 Å². The molecule has 0 radical (unpaired) electrons. The first-order chi connectivity index (χ1) is 12.8. The van der Waals surface area contributed by atoms with Gasteiger partial charge in [-0.25, -0.2) is 4.68 Å². The van der Waals surface area contributed by atoms with Gasteiger partial charge in [0.2, 0.25) is 0 Å². The number of aromatic nitrogens is 3. The number of aliphatic hydroxyl groups is 1. The number of fused-ring (bicyclic) bond motifs is 2. The molecule has 0 bridgehead atoms. The number of benzene rings is 3. The molecule has 0 aliphatic carbocycles. The number of nitrogens with one attached hydrogen (secondary N) is 1. The summed E-state index contributed by atoms with van der Waals surface area (Å²) in [5.74, 6) is 0. The van der Waals surface area contributed by atoms with E-state index in [1.807, 2.05) is 71.4 Å². The first kappa shape index (κ1) is 15.1. The van der Waals surface area contributed by atoms with E-state index in [4.69, 9.17) is 0 Å². The molecule has 5 rings (SSSR count). The fourth-order valence-corrected chi connectivity index (χ4v) is 3.83. The summed E-state index contributed by atoms with van der Waals surface area (Å²) in [5.41, 5.74) is 4.67. The number of anilines is 1. The summed E-state index contributed by atoms with van der Waals surface area (Å²) >= 11 is 0. The molecule has 0 unspecified atom stereocenters. The topological polar surface area (TPSA) is 63.0 Å². The Morgan fingerprint density at radius 3 is 2.46 bits per heavy atom. The minimum atomic E-state index is -0.692. The van der Waals surface area contributed by atoms with Gasteiger partial charge in [-0.2, -0.15) is 0 Å². The molecule has 0 spiro atoms. The number of rotatable bonds is 2. The van der Waals surface area contributed by atoms with Gasteiger partial charge in [-0.3, -0.25) is 0 Å². The molecule has 1 aliphatic heterocycles. The van der Waals surface area contributed by atoms with Gasteiger partial charge in [0.25, 0.3) is 0 Å². The monoisotopic (exact) mass is 342 g/mol. The molecule has 0 amide bonds. The lowest BCUT2D eigenvalue weighted by molar-refractivity contribution is 0.0907. The van der Waals surface area contributed by atoms with E-state index in [1.54, 1.807) is 0 Å². The summed E-state index contributed by atoms with van der Waals surface area (Å²) < 4.78 is 1.85. The van der Waals surface area contributed by atoms with Gasteiger partial charge in [0.15, 0.2) is 0 Å². The maximum Gasteiger partial charge on any atom is 0.113 e. The quantitative estimate of drug-likeness (QED) is 0.580. The van der Waals surface area contributed by atoms with Gasteiger partial charge in [0.05, 0.1) is 11.6 Å². The molecule has 0 saturated carbocycles. The van der Waals surface area contributed by atoms with E-state index in [9.17, 15) is 5.11 Å². The van der Waals surface area contributed by atoms with Crippen LogP contribution < -0.4 is 5.32 Å². The van der Waals surface area contributed by atoms with Gasteiger partial charge in [-0.1, -0.05) is 65.9 Å². The predicted octanol–water partition coefficient (Wildman–Crippen LogP) is 3.87. The van der Waals surface area contributed by atoms with E-state index in [-0.39, 0.29) is 12.1 Å². The van der Waals surface area contributed by atoms with Gasteiger partial charge in [-0.15, -0.1) is 5.10 Å². The van der Waals surface area contributed by atoms with Crippen LogP contribution in [0.4, 0.5) is 5.69 Å². The summed E-state index contributed by atoms with van der Waals surface area (Å²) in [6, 6.07) is 25.5. The van der Waals surface area contributed by atoms with Crippen LogP contribution >= 0.6 is 0 Å². The van der Waals surface area contributed by atoms with Crippen molar-refractivity contribution in [3.8, 4) is 0 Å². The summed E-state index contributed by atoms with van der Waals surface area (Å²) in [7, 11) is 0. The summed E-state index contributed by atoms with van der Waals surface area (Å²) in [5, 5.41) is 23.5. The Balaban J connectivity index is 1.71. The zero-order chi connectivity index (χ0) is 17.5. The molecule has 1 aliphatic rings. The number of nitrogens with zero attached hydrogens (tertiary/aromatic N) is 3. The average Bonchev–Trinajstić information content (AvgIpc) is 3.12. The van der Waals surface area contributed by atoms with Gasteiger partial charge < -0.3 is 10.4 Å². The molecule has 3 atom stereocenters. The zero-order valence-corrected chi connectivity index (χ0v) is 14.0. The van der Waals surface area contributed by atoms with Crippen LogP contribution in [-0.2, 0) is 0 Å². The Morgan fingerprint density at radius 1 is 0.846 bits per heavy atom. The highest BCUT2D eigenvalue weighted by molar-refractivity contribution is 5.74. The highest BCUT2D eigenvalue weighted by Gasteiger charge is 2.39. The molecule has 2 N–H and O–H groups in total. The Labute approximate surface area is 150 Å². The Hall–Kier alpha value is -3.18. The van der Waals surface area contributed by atoms with E-state index in [0.717, 1.165) is 27.8 Å². The van der Waals surface area contributed by atoms with E-state index in [2.05, 4.69) is 27.8 Å². The number of para-hydroxylation sites is 2. The lowest BCUT2D eigenvalue weighted by Gasteiger charge is -2.38. The molecule has 128 valence electrons. The SMILES string of the molecule is O[C@@H]1c2ccccc2N[C@H](c2ccccc2)[C@H]1n1nnc2ccccc21. The number of aliphatic hydroxyl groups excluding tert-OH is 1. The van der Waals surface area contributed by atoms with Crippen LogP contribution in [0.15, 0.2) is 78.9 Å². The predicted molar refractivity (Wildman–Crippen MR) is 101 cm³/mol. The molecule has 26 heavy (non-hydrogen) atoms. The molecule has 1 aromatic heterocycles. The van der Waals surface area contributed by atoms with Crippen LogP contribution in [0.2, 0.25) is 0 Å². The van der Waals surface area contributed by atoms with Crippen molar-refractivity contribution in [2.24, 2.45) is 0 Å². The summed E-state index contributed by atoms with van der Waals surface area (Å²) in [4.78, 5) is 0. The van der Waals surface area contributed by atoms with Crippen LogP contribution in [0.5, 0.6) is 0 Å². The second kappa shape index (κ2) is 5.97. The van der Waals surface area contributed by atoms with E-state index < -0.39 is 6.10 Å². The van der Waals surface area contributed by atoms with Gasteiger partial charge >= 0.3 is 0 Å². The Morgan fingerprint density at radius 2 is 1.58 bits per heavy atom. The van der Waals surface area contributed by atoms with E-state index in [0.29, 0.717) is 0 Å². The molecule has 5 heteroatoms. The summed E-state index contributed by atoms with van der Waals surface area (Å²) in [6.45, 7) is 0. The second-order valence-electron chi connectivity index (χ2n) is 6.58. The number of hydrogen-bond acceptors (Lipinski definition) is 4. The van der Waals surface area contributed by atoms with Gasteiger partial charge in [0.1, 0.15) is 17.7 Å². The van der Waals surface area contributed by atoms with Crippen molar-refractivity contribution in [3.63, 3.8) is 0 Å². The Kier molecular flexibility index (Phi) is 3.47. The normalized spacial score (nSPS) is 22.0. The highest BCUT2D eigenvalue weighted by atomic mass is 16.3. The molecular formula is C21H18N4O. The largest absolute Gasteiger partial charge is 0.386 e. The molecule has 0 fully saturated rings. The minimum Gasteiger partial charge on any atom is -0.386 e. The van der Waals surface area contributed by atoms with Gasteiger partial charge in [0, 0.05) is 11.3 Å². The second-order valence-corrected chi connectivity index (χ2v) is 6.58. The lowest BCUT2D eigenvalue weighted by atomic mass is 9.86. The molecule has 3 aromatic carbocycles. The van der Waals surface area contributed by atoms with Crippen molar-refractivity contribution < 1.29 is 5.11 Å². The third kappa shape index (κ3) is 2.29. The van der Waals surface area contributed by atoms with Crippen molar-refractivity contribution in [1.82, 2.24) is 15.0 Å². The molecular weight excluding hydrogens is 324 g/mol. The van der Waals surface area contributed by atoms with Crippen molar-refractivity contribution in [2.75, 3.05) is 5.32 Å². The van der Waals surface area contributed by atoms with Crippen molar-refractivity contribution >= 4 is 16.7 Å². The van der Waals surface area contributed by atoms with Gasteiger partial charge in [-0.05, 0) is 23.8 Å². The first-order valence-corrected chi connectivity index (χ1v) is 8.71. The third-order valence-corrected chi connectivity index (χ3v) is 5.07. The summed E-state index contributed by atoms with van der Waals surface area (Å²) in [6.07, 6.45) is -0.692. The average molecular weight is 342 g/mol. The Bertz CT molecular complexity index is 1060. The van der Waals surface area contributed by atoms with Crippen molar-refractivity contribution in [1.29, 1.82) is 0 Å². The van der Waals surface area contributed by atoms with Crippen LogP contribution in [0.25, 0.3) is 11.0 Å². The zero-order valence-electron chi connectivity index (χ0n) is 14.0. The molecule has 5 nitrogen and oxygen atoms in total. The molecule has 4 aromatic rings. The maximum absolute atomic E-state index is 11.3. The third-order valence-electron chi connectivity index (χ3n) is 5.07. The minimum absolute atomic E-state index is 0.119. The number of hydrogen-bond donors (Lipinski definition) is 2. The van der Waals surface area contributed by atoms with Crippen LogP contribution in [0, 0.1) is 0 Å². The van der Waals surface area contributed by atoms with Crippen molar-refractivity contribution in [2.45, 2.75) is 18.2 Å². The lowest BCUT2D eigenvalue weighted by Crippen LogP contribution is -2.34. The first-order valence-electron chi connectivity index (χ1n) is 8.71. The van der Waals surface area contributed by atoms with E-state index in [1.165, 1.54) is 0 Å².